The van der Waals surface area contributed by atoms with Crippen LogP contribution in [0.3, 0.4) is 0 Å². The van der Waals surface area contributed by atoms with Crippen LogP contribution in [-0.2, 0) is 11.3 Å². The first kappa shape index (κ1) is 18.1. The monoisotopic (exact) mass is 384 g/mol. The van der Waals surface area contributed by atoms with E-state index in [1.54, 1.807) is 17.0 Å². The van der Waals surface area contributed by atoms with Gasteiger partial charge in [-0.25, -0.2) is 13.8 Å². The van der Waals surface area contributed by atoms with Crippen molar-refractivity contribution in [1.29, 1.82) is 0 Å². The Balaban J connectivity index is 1.43. The fraction of sp³-hybridized carbons (Fsp3) is 0.250. The highest BCUT2D eigenvalue weighted by Gasteiger charge is 2.22. The SMILES string of the molecule is O=C(Cn1cnc2cc(F)ccc2c1=O)N1CCN(c2ccc(F)cc2)CC1. The standard InChI is InChI=1S/C20H18F2N4O2/c21-14-1-4-16(5-2-14)24-7-9-25(10-8-24)19(27)12-26-13-23-18-11-15(22)3-6-17(18)20(26)28/h1-6,11,13H,7-10,12H2. The maximum absolute atomic E-state index is 13.3. The predicted octanol–water partition coefficient (Wildman–Crippen LogP) is 2.02. The highest BCUT2D eigenvalue weighted by Crippen LogP contribution is 2.17. The number of hydrogen-bond donors (Lipinski definition) is 0. The van der Waals surface area contributed by atoms with E-state index in [4.69, 9.17) is 0 Å². The molecule has 2 aromatic carbocycles. The Morgan fingerprint density at radius 1 is 0.964 bits per heavy atom. The van der Waals surface area contributed by atoms with Crippen LogP contribution in [0.1, 0.15) is 0 Å². The van der Waals surface area contributed by atoms with E-state index in [1.807, 2.05) is 0 Å². The fourth-order valence-corrected chi connectivity index (χ4v) is 3.36. The van der Waals surface area contributed by atoms with Crippen molar-refractivity contribution in [2.45, 2.75) is 6.54 Å². The number of amides is 1. The van der Waals surface area contributed by atoms with E-state index in [0.717, 1.165) is 5.69 Å². The van der Waals surface area contributed by atoms with Crippen LogP contribution in [0.15, 0.2) is 53.6 Å². The number of carbonyl (C=O) groups is 1. The summed E-state index contributed by atoms with van der Waals surface area (Å²) < 4.78 is 27.6. The van der Waals surface area contributed by atoms with Gasteiger partial charge in [-0.05, 0) is 36.4 Å². The molecule has 2 heterocycles. The van der Waals surface area contributed by atoms with Crippen LogP contribution in [0.25, 0.3) is 10.9 Å². The van der Waals surface area contributed by atoms with Gasteiger partial charge in [-0.15, -0.1) is 0 Å². The average molecular weight is 384 g/mol. The third-order valence-electron chi connectivity index (χ3n) is 4.92. The topological polar surface area (TPSA) is 58.4 Å². The second kappa shape index (κ2) is 7.38. The second-order valence-electron chi connectivity index (χ2n) is 6.68. The molecule has 0 N–H and O–H groups in total. The number of nitrogens with zero attached hydrogens (tertiary/aromatic N) is 4. The molecule has 0 spiro atoms. The molecular formula is C20H18F2N4O2. The molecule has 0 aliphatic carbocycles. The lowest BCUT2D eigenvalue weighted by atomic mass is 10.2. The van der Waals surface area contributed by atoms with E-state index >= 15 is 0 Å². The maximum Gasteiger partial charge on any atom is 0.261 e. The minimum atomic E-state index is -0.466. The highest BCUT2D eigenvalue weighted by molar-refractivity contribution is 5.79. The van der Waals surface area contributed by atoms with E-state index in [2.05, 4.69) is 9.88 Å². The van der Waals surface area contributed by atoms with Gasteiger partial charge in [-0.3, -0.25) is 14.2 Å². The van der Waals surface area contributed by atoms with Gasteiger partial charge in [0.05, 0.1) is 17.2 Å². The molecule has 1 amide bonds. The molecule has 1 aliphatic heterocycles. The normalized spacial score (nSPS) is 14.5. The summed E-state index contributed by atoms with van der Waals surface area (Å²) in [5, 5.41) is 0.276. The van der Waals surface area contributed by atoms with Gasteiger partial charge in [-0.2, -0.15) is 0 Å². The van der Waals surface area contributed by atoms with Gasteiger partial charge >= 0.3 is 0 Å². The first-order chi connectivity index (χ1) is 13.5. The lowest BCUT2D eigenvalue weighted by Gasteiger charge is -2.36. The minimum Gasteiger partial charge on any atom is -0.368 e. The molecule has 1 aliphatic rings. The number of hydrogen-bond acceptors (Lipinski definition) is 4. The van der Waals surface area contributed by atoms with Crippen molar-refractivity contribution in [2.75, 3.05) is 31.1 Å². The summed E-state index contributed by atoms with van der Waals surface area (Å²) in [6.07, 6.45) is 1.27. The first-order valence-electron chi connectivity index (χ1n) is 8.94. The van der Waals surface area contributed by atoms with E-state index in [0.29, 0.717) is 26.2 Å². The zero-order chi connectivity index (χ0) is 19.7. The van der Waals surface area contributed by atoms with Gasteiger partial charge in [-0.1, -0.05) is 0 Å². The Hall–Kier alpha value is -3.29. The zero-order valence-corrected chi connectivity index (χ0v) is 15.0. The molecule has 1 saturated heterocycles. The van der Waals surface area contributed by atoms with Gasteiger partial charge in [0.25, 0.3) is 5.56 Å². The van der Waals surface area contributed by atoms with Crippen LogP contribution >= 0.6 is 0 Å². The third-order valence-corrected chi connectivity index (χ3v) is 4.92. The first-order valence-corrected chi connectivity index (χ1v) is 8.94. The van der Waals surface area contributed by atoms with Gasteiger partial charge in [0.1, 0.15) is 18.2 Å². The number of halogens is 2. The van der Waals surface area contributed by atoms with Crippen molar-refractivity contribution in [3.05, 3.63) is 70.8 Å². The van der Waals surface area contributed by atoms with Crippen molar-refractivity contribution >= 4 is 22.5 Å². The molecule has 0 unspecified atom stereocenters. The van der Waals surface area contributed by atoms with Crippen LogP contribution in [0.2, 0.25) is 0 Å². The zero-order valence-electron chi connectivity index (χ0n) is 15.0. The molecule has 28 heavy (non-hydrogen) atoms. The summed E-state index contributed by atoms with van der Waals surface area (Å²) in [5.41, 5.74) is 0.806. The van der Waals surface area contributed by atoms with E-state index < -0.39 is 5.82 Å². The van der Waals surface area contributed by atoms with Gasteiger partial charge in [0.2, 0.25) is 5.91 Å². The predicted molar refractivity (Wildman–Crippen MR) is 101 cm³/mol. The number of aromatic nitrogens is 2. The number of rotatable bonds is 3. The summed E-state index contributed by atoms with van der Waals surface area (Å²) in [7, 11) is 0. The minimum absolute atomic E-state index is 0.115. The van der Waals surface area contributed by atoms with Gasteiger partial charge < -0.3 is 9.80 Å². The number of fused-ring (bicyclic) bond motifs is 1. The van der Waals surface area contributed by atoms with Crippen LogP contribution in [-0.4, -0.2) is 46.5 Å². The van der Waals surface area contributed by atoms with Crippen LogP contribution < -0.4 is 10.5 Å². The van der Waals surface area contributed by atoms with Crippen LogP contribution in [0, 0.1) is 11.6 Å². The fourth-order valence-electron chi connectivity index (χ4n) is 3.36. The molecule has 0 atom stereocenters. The Bertz CT molecular complexity index is 1070. The molecule has 4 rings (SSSR count). The number of anilines is 1. The van der Waals surface area contributed by atoms with Crippen molar-refractivity contribution in [3.8, 4) is 0 Å². The lowest BCUT2D eigenvalue weighted by molar-refractivity contribution is -0.132. The molecule has 1 fully saturated rings. The summed E-state index contributed by atoms with van der Waals surface area (Å²) >= 11 is 0. The Morgan fingerprint density at radius 2 is 1.64 bits per heavy atom. The van der Waals surface area contributed by atoms with Crippen molar-refractivity contribution < 1.29 is 13.6 Å². The summed E-state index contributed by atoms with van der Waals surface area (Å²) in [6, 6.07) is 10.0. The maximum atomic E-state index is 13.3. The van der Waals surface area contributed by atoms with E-state index in [-0.39, 0.29) is 34.7 Å². The van der Waals surface area contributed by atoms with E-state index in [1.165, 1.54) is 41.2 Å². The largest absolute Gasteiger partial charge is 0.368 e. The smallest absolute Gasteiger partial charge is 0.261 e. The van der Waals surface area contributed by atoms with E-state index in [9.17, 15) is 18.4 Å². The van der Waals surface area contributed by atoms with Crippen molar-refractivity contribution in [3.63, 3.8) is 0 Å². The third kappa shape index (κ3) is 3.58. The number of piperazine rings is 1. The summed E-state index contributed by atoms with van der Waals surface area (Å²) in [5.74, 6) is -0.925. The number of benzene rings is 2. The summed E-state index contributed by atoms with van der Waals surface area (Å²) in [6.45, 7) is 2.16. The second-order valence-corrected chi connectivity index (χ2v) is 6.68. The van der Waals surface area contributed by atoms with Crippen LogP contribution in [0.4, 0.5) is 14.5 Å². The Labute approximate surface area is 159 Å². The number of carbonyl (C=O) groups excluding carboxylic acids is 1. The molecule has 1 aromatic heterocycles. The van der Waals surface area contributed by atoms with Crippen molar-refractivity contribution in [2.24, 2.45) is 0 Å². The Morgan fingerprint density at radius 3 is 2.36 bits per heavy atom. The quantitative estimate of drug-likeness (QED) is 0.693. The molecule has 0 bridgehead atoms. The molecule has 6 nitrogen and oxygen atoms in total. The van der Waals surface area contributed by atoms with Gasteiger partial charge in [0, 0.05) is 37.9 Å². The molecule has 0 radical (unpaired) electrons. The Kier molecular flexibility index (Phi) is 4.77. The molecule has 144 valence electrons. The molecule has 8 heteroatoms. The average Bonchev–Trinajstić information content (AvgIpc) is 2.71. The molecule has 3 aromatic rings. The molecular weight excluding hydrogens is 366 g/mol. The summed E-state index contributed by atoms with van der Waals surface area (Å²) in [4.78, 5) is 33.0. The van der Waals surface area contributed by atoms with Crippen LogP contribution in [0.5, 0.6) is 0 Å². The van der Waals surface area contributed by atoms with Crippen molar-refractivity contribution in [1.82, 2.24) is 14.5 Å². The molecule has 0 saturated carbocycles. The lowest BCUT2D eigenvalue weighted by Crippen LogP contribution is -2.50. The highest BCUT2D eigenvalue weighted by atomic mass is 19.1. The van der Waals surface area contributed by atoms with Gasteiger partial charge in [0.15, 0.2) is 0 Å².